The van der Waals surface area contributed by atoms with Crippen LogP contribution in [0.4, 0.5) is 10.1 Å². The highest BCUT2D eigenvalue weighted by atomic mass is 79.9. The molecule has 0 aliphatic heterocycles. The van der Waals surface area contributed by atoms with Crippen molar-refractivity contribution in [1.29, 1.82) is 0 Å². The number of nitrogens with one attached hydrogen (secondary N) is 1. The smallest absolute Gasteiger partial charge is 0.147 e. The van der Waals surface area contributed by atoms with Crippen LogP contribution in [0, 0.1) is 5.82 Å². The van der Waals surface area contributed by atoms with Gasteiger partial charge in [0.25, 0.3) is 0 Å². The number of benzene rings is 2. The second kappa shape index (κ2) is 5.14. The molecule has 98 valence electrons. The van der Waals surface area contributed by atoms with Crippen LogP contribution >= 0.6 is 27.5 Å². The van der Waals surface area contributed by atoms with Gasteiger partial charge in [0.1, 0.15) is 5.82 Å². The van der Waals surface area contributed by atoms with Gasteiger partial charge in [0, 0.05) is 9.50 Å². The zero-order valence-corrected chi connectivity index (χ0v) is 12.4. The summed E-state index contributed by atoms with van der Waals surface area (Å²) < 4.78 is 14.9. The Morgan fingerprint density at radius 1 is 1.26 bits per heavy atom. The summed E-state index contributed by atoms with van der Waals surface area (Å²) in [4.78, 5) is 0. The quantitative estimate of drug-likeness (QED) is 0.778. The number of halogens is 3. The Morgan fingerprint density at radius 2 is 2.11 bits per heavy atom. The van der Waals surface area contributed by atoms with Crippen molar-refractivity contribution in [3.8, 4) is 0 Å². The SMILES string of the molecule is Fc1cc(Cl)ccc1NC1CCc2c(Br)cccc21. The largest absolute Gasteiger partial charge is 0.376 e. The predicted molar refractivity (Wildman–Crippen MR) is 80.2 cm³/mol. The molecular weight excluding hydrogens is 329 g/mol. The van der Waals surface area contributed by atoms with Gasteiger partial charge in [-0.3, -0.25) is 0 Å². The molecule has 0 bridgehead atoms. The van der Waals surface area contributed by atoms with Crippen LogP contribution in [-0.4, -0.2) is 0 Å². The third-order valence-electron chi connectivity index (χ3n) is 3.47. The Kier molecular flexibility index (Phi) is 3.50. The lowest BCUT2D eigenvalue weighted by Crippen LogP contribution is -2.08. The summed E-state index contributed by atoms with van der Waals surface area (Å²) in [5.74, 6) is -0.309. The molecule has 0 amide bonds. The molecule has 1 unspecified atom stereocenters. The minimum atomic E-state index is -0.309. The van der Waals surface area contributed by atoms with Crippen molar-refractivity contribution in [3.05, 3.63) is 62.8 Å². The maximum Gasteiger partial charge on any atom is 0.147 e. The van der Waals surface area contributed by atoms with E-state index in [4.69, 9.17) is 11.6 Å². The minimum Gasteiger partial charge on any atom is -0.376 e. The Balaban J connectivity index is 1.89. The van der Waals surface area contributed by atoms with Crippen LogP contribution in [0.25, 0.3) is 0 Å². The van der Waals surface area contributed by atoms with Crippen LogP contribution in [-0.2, 0) is 6.42 Å². The standard InChI is InChI=1S/C15H12BrClFN/c16-12-3-1-2-11-10(12)5-7-14(11)19-15-6-4-9(17)8-13(15)18/h1-4,6,8,14,19H,5,7H2. The number of hydrogen-bond acceptors (Lipinski definition) is 1. The molecule has 3 rings (SSSR count). The molecule has 1 nitrogen and oxygen atoms in total. The highest BCUT2D eigenvalue weighted by Crippen LogP contribution is 2.38. The van der Waals surface area contributed by atoms with Gasteiger partial charge in [-0.15, -0.1) is 0 Å². The van der Waals surface area contributed by atoms with Gasteiger partial charge in [-0.2, -0.15) is 0 Å². The molecule has 0 fully saturated rings. The third-order valence-corrected chi connectivity index (χ3v) is 4.45. The lowest BCUT2D eigenvalue weighted by atomic mass is 10.1. The topological polar surface area (TPSA) is 12.0 Å². The second-order valence-corrected chi connectivity index (χ2v) is 5.96. The summed E-state index contributed by atoms with van der Waals surface area (Å²) in [7, 11) is 0. The summed E-state index contributed by atoms with van der Waals surface area (Å²) in [6.07, 6.45) is 1.98. The van der Waals surface area contributed by atoms with Gasteiger partial charge in [0.05, 0.1) is 11.7 Å². The molecule has 2 aromatic rings. The molecule has 1 aliphatic rings. The maximum absolute atomic E-state index is 13.8. The van der Waals surface area contributed by atoms with Gasteiger partial charge in [-0.1, -0.05) is 39.7 Å². The van der Waals surface area contributed by atoms with Crippen LogP contribution in [0.3, 0.4) is 0 Å². The van der Waals surface area contributed by atoms with E-state index < -0.39 is 0 Å². The molecule has 0 heterocycles. The number of anilines is 1. The first-order valence-electron chi connectivity index (χ1n) is 6.14. The van der Waals surface area contributed by atoms with E-state index in [2.05, 4.69) is 27.3 Å². The predicted octanol–water partition coefficient (Wildman–Crippen LogP) is 5.34. The van der Waals surface area contributed by atoms with Gasteiger partial charge in [-0.05, 0) is 48.2 Å². The molecule has 2 aromatic carbocycles. The van der Waals surface area contributed by atoms with Crippen LogP contribution in [0.15, 0.2) is 40.9 Å². The Hall–Kier alpha value is -1.06. The summed E-state index contributed by atoms with van der Waals surface area (Å²) in [6.45, 7) is 0. The molecule has 1 N–H and O–H groups in total. The zero-order chi connectivity index (χ0) is 13.4. The van der Waals surface area contributed by atoms with Crippen LogP contribution < -0.4 is 5.32 Å². The van der Waals surface area contributed by atoms with E-state index in [0.717, 1.165) is 17.3 Å². The minimum absolute atomic E-state index is 0.156. The van der Waals surface area contributed by atoms with E-state index in [1.165, 1.54) is 17.2 Å². The lowest BCUT2D eigenvalue weighted by Gasteiger charge is -2.16. The highest BCUT2D eigenvalue weighted by Gasteiger charge is 2.24. The summed E-state index contributed by atoms with van der Waals surface area (Å²) >= 11 is 9.33. The van der Waals surface area contributed by atoms with Crippen molar-refractivity contribution in [1.82, 2.24) is 0 Å². The molecule has 4 heteroatoms. The molecule has 1 atom stereocenters. The van der Waals surface area contributed by atoms with Crippen molar-refractivity contribution in [3.63, 3.8) is 0 Å². The highest BCUT2D eigenvalue weighted by molar-refractivity contribution is 9.10. The van der Waals surface area contributed by atoms with Gasteiger partial charge >= 0.3 is 0 Å². The fourth-order valence-corrected chi connectivity index (χ4v) is 3.29. The third kappa shape index (κ3) is 2.49. The van der Waals surface area contributed by atoms with E-state index in [-0.39, 0.29) is 11.9 Å². The Labute approximate surface area is 124 Å². The van der Waals surface area contributed by atoms with Crippen molar-refractivity contribution >= 4 is 33.2 Å². The number of hydrogen-bond donors (Lipinski definition) is 1. The average Bonchev–Trinajstić information content (AvgIpc) is 2.78. The first-order chi connectivity index (χ1) is 9.15. The average molecular weight is 341 g/mol. The van der Waals surface area contributed by atoms with Gasteiger partial charge < -0.3 is 5.32 Å². The van der Waals surface area contributed by atoms with Crippen molar-refractivity contribution < 1.29 is 4.39 Å². The maximum atomic E-state index is 13.8. The molecule has 0 aromatic heterocycles. The molecule has 19 heavy (non-hydrogen) atoms. The summed E-state index contributed by atoms with van der Waals surface area (Å²) in [5.41, 5.74) is 3.06. The summed E-state index contributed by atoms with van der Waals surface area (Å²) in [5, 5.41) is 3.68. The number of fused-ring (bicyclic) bond motifs is 1. The second-order valence-electron chi connectivity index (χ2n) is 4.67. The van der Waals surface area contributed by atoms with E-state index in [0.29, 0.717) is 10.7 Å². The summed E-state index contributed by atoms with van der Waals surface area (Å²) in [6, 6.07) is 11.0. The zero-order valence-electron chi connectivity index (χ0n) is 10.1. The van der Waals surface area contributed by atoms with E-state index in [9.17, 15) is 4.39 Å². The molecule has 0 radical (unpaired) electrons. The lowest BCUT2D eigenvalue weighted by molar-refractivity contribution is 0.625. The van der Waals surface area contributed by atoms with Crippen LogP contribution in [0.5, 0.6) is 0 Å². The molecule has 1 aliphatic carbocycles. The molecule has 0 spiro atoms. The monoisotopic (exact) mass is 339 g/mol. The van der Waals surface area contributed by atoms with Crippen molar-refractivity contribution in [2.45, 2.75) is 18.9 Å². The fourth-order valence-electron chi connectivity index (χ4n) is 2.55. The molecule has 0 saturated heterocycles. The number of rotatable bonds is 2. The van der Waals surface area contributed by atoms with Crippen LogP contribution in [0.1, 0.15) is 23.6 Å². The van der Waals surface area contributed by atoms with Gasteiger partial charge in [0.2, 0.25) is 0 Å². The fraction of sp³-hybridized carbons (Fsp3) is 0.200. The van der Waals surface area contributed by atoms with Gasteiger partial charge in [-0.25, -0.2) is 4.39 Å². The molecular formula is C15H12BrClFN. The van der Waals surface area contributed by atoms with Gasteiger partial charge in [0.15, 0.2) is 0 Å². The van der Waals surface area contributed by atoms with E-state index >= 15 is 0 Å². The Morgan fingerprint density at radius 3 is 2.89 bits per heavy atom. The van der Waals surface area contributed by atoms with Crippen LogP contribution in [0.2, 0.25) is 5.02 Å². The molecule has 0 saturated carbocycles. The first kappa shape index (κ1) is 12.9. The van der Waals surface area contributed by atoms with Crippen molar-refractivity contribution in [2.75, 3.05) is 5.32 Å². The first-order valence-corrected chi connectivity index (χ1v) is 7.31. The Bertz CT molecular complexity index is 630. The van der Waals surface area contributed by atoms with Crippen molar-refractivity contribution in [2.24, 2.45) is 0 Å². The van der Waals surface area contributed by atoms with E-state index in [1.54, 1.807) is 12.1 Å². The van der Waals surface area contributed by atoms with E-state index in [1.807, 2.05) is 12.1 Å². The normalized spacial score (nSPS) is 17.3.